The lowest BCUT2D eigenvalue weighted by Gasteiger charge is -2.21. The van der Waals surface area contributed by atoms with Crippen molar-refractivity contribution in [3.05, 3.63) is 60.0 Å². The number of anilines is 3. The number of aryl methyl sites for hydroxylation is 1. The van der Waals surface area contributed by atoms with Crippen LogP contribution in [0.4, 0.5) is 21.8 Å². The van der Waals surface area contributed by atoms with Crippen molar-refractivity contribution in [1.82, 2.24) is 15.0 Å². The van der Waals surface area contributed by atoms with Crippen molar-refractivity contribution < 1.29 is 4.39 Å². The van der Waals surface area contributed by atoms with Crippen LogP contribution in [0.2, 0.25) is 0 Å². The van der Waals surface area contributed by atoms with Gasteiger partial charge in [0.25, 0.3) is 0 Å². The van der Waals surface area contributed by atoms with E-state index in [1.807, 2.05) is 45.0 Å². The van der Waals surface area contributed by atoms with E-state index in [1.165, 1.54) is 6.07 Å². The first-order valence-electron chi connectivity index (χ1n) is 8.42. The van der Waals surface area contributed by atoms with E-state index >= 15 is 0 Å². The normalized spacial score (nSPS) is 11.3. The summed E-state index contributed by atoms with van der Waals surface area (Å²) in [5.41, 5.74) is 2.45. The van der Waals surface area contributed by atoms with E-state index in [0.717, 1.165) is 5.69 Å². The molecule has 2 heterocycles. The number of nitrogens with one attached hydrogen (secondary N) is 2. The van der Waals surface area contributed by atoms with E-state index in [9.17, 15) is 4.39 Å². The number of nitrogens with zero attached hydrogens (tertiary/aromatic N) is 3. The van der Waals surface area contributed by atoms with Crippen molar-refractivity contribution in [2.24, 2.45) is 0 Å². The van der Waals surface area contributed by atoms with Gasteiger partial charge in [-0.2, -0.15) is 4.98 Å². The zero-order valence-electron chi connectivity index (χ0n) is 15.3. The zero-order valence-corrected chi connectivity index (χ0v) is 15.3. The van der Waals surface area contributed by atoms with Gasteiger partial charge in [-0.1, -0.05) is 12.1 Å². The Labute approximate surface area is 152 Å². The van der Waals surface area contributed by atoms with Crippen LogP contribution in [0.15, 0.2) is 48.7 Å². The van der Waals surface area contributed by atoms with Crippen molar-refractivity contribution in [3.8, 4) is 11.4 Å². The Kier molecular flexibility index (Phi) is 4.84. The van der Waals surface area contributed by atoms with Gasteiger partial charge in [-0.05, 0) is 57.5 Å². The van der Waals surface area contributed by atoms with Gasteiger partial charge in [-0.25, -0.2) is 9.37 Å². The summed E-state index contributed by atoms with van der Waals surface area (Å²) in [5, 5.41) is 6.42. The number of benzene rings is 1. The van der Waals surface area contributed by atoms with Crippen LogP contribution in [0.3, 0.4) is 0 Å². The van der Waals surface area contributed by atoms with Crippen LogP contribution in [-0.4, -0.2) is 20.5 Å². The standard InChI is InChI=1S/C20H22FN5/c1-13-8-9-14(11-15(13)21)23-18-12-17(16-7-5-6-10-22-16)24-19(25-18)26-20(2,3)4/h5-12H,1-4H3,(H2,23,24,25,26). The highest BCUT2D eigenvalue weighted by Crippen LogP contribution is 2.24. The number of pyridine rings is 1. The zero-order chi connectivity index (χ0) is 18.7. The molecule has 3 aromatic rings. The molecule has 0 aliphatic rings. The van der Waals surface area contributed by atoms with E-state index in [1.54, 1.807) is 25.3 Å². The predicted molar refractivity (Wildman–Crippen MR) is 103 cm³/mol. The van der Waals surface area contributed by atoms with Gasteiger partial charge in [0, 0.05) is 23.5 Å². The van der Waals surface area contributed by atoms with Crippen LogP contribution >= 0.6 is 0 Å². The molecule has 0 aliphatic carbocycles. The molecule has 3 rings (SSSR count). The quantitative estimate of drug-likeness (QED) is 0.697. The van der Waals surface area contributed by atoms with Gasteiger partial charge < -0.3 is 10.6 Å². The van der Waals surface area contributed by atoms with Crippen molar-refractivity contribution in [3.63, 3.8) is 0 Å². The van der Waals surface area contributed by atoms with Gasteiger partial charge in [0.15, 0.2) is 0 Å². The van der Waals surface area contributed by atoms with E-state index in [0.29, 0.717) is 28.7 Å². The van der Waals surface area contributed by atoms with E-state index in [4.69, 9.17) is 0 Å². The third-order valence-corrected chi connectivity index (χ3v) is 3.58. The summed E-state index contributed by atoms with van der Waals surface area (Å²) in [6.07, 6.45) is 1.72. The lowest BCUT2D eigenvalue weighted by molar-refractivity contribution is 0.619. The summed E-state index contributed by atoms with van der Waals surface area (Å²) in [6.45, 7) is 7.83. The molecule has 1 aromatic carbocycles. The van der Waals surface area contributed by atoms with Crippen molar-refractivity contribution >= 4 is 17.5 Å². The first-order valence-corrected chi connectivity index (χ1v) is 8.42. The summed E-state index contributed by atoms with van der Waals surface area (Å²) in [4.78, 5) is 13.4. The maximum Gasteiger partial charge on any atom is 0.225 e. The summed E-state index contributed by atoms with van der Waals surface area (Å²) >= 11 is 0. The Morgan fingerprint density at radius 3 is 2.42 bits per heavy atom. The fourth-order valence-electron chi connectivity index (χ4n) is 2.37. The molecule has 5 nitrogen and oxygen atoms in total. The predicted octanol–water partition coefficient (Wildman–Crippen LogP) is 4.94. The smallest absolute Gasteiger partial charge is 0.225 e. The summed E-state index contributed by atoms with van der Waals surface area (Å²) in [6, 6.07) is 12.4. The molecular weight excluding hydrogens is 329 g/mol. The Hall–Kier alpha value is -3.02. The SMILES string of the molecule is Cc1ccc(Nc2cc(-c3ccccn3)nc(NC(C)(C)C)n2)cc1F. The van der Waals surface area contributed by atoms with Gasteiger partial charge in [-0.3, -0.25) is 4.98 Å². The molecule has 0 saturated carbocycles. The first kappa shape index (κ1) is 17.8. The number of aromatic nitrogens is 3. The minimum atomic E-state index is -0.262. The van der Waals surface area contributed by atoms with Crippen molar-refractivity contribution in [2.75, 3.05) is 10.6 Å². The average Bonchev–Trinajstić information content (AvgIpc) is 2.57. The van der Waals surface area contributed by atoms with Gasteiger partial charge >= 0.3 is 0 Å². The Balaban J connectivity index is 2.00. The van der Waals surface area contributed by atoms with Crippen LogP contribution in [-0.2, 0) is 0 Å². The lowest BCUT2D eigenvalue weighted by atomic mass is 10.1. The van der Waals surface area contributed by atoms with Gasteiger partial charge in [0.1, 0.15) is 11.6 Å². The number of rotatable bonds is 4. The maximum atomic E-state index is 13.8. The van der Waals surface area contributed by atoms with Crippen LogP contribution in [0.1, 0.15) is 26.3 Å². The minimum Gasteiger partial charge on any atom is -0.350 e. The second-order valence-corrected chi connectivity index (χ2v) is 7.14. The van der Waals surface area contributed by atoms with Gasteiger partial charge in [-0.15, -0.1) is 0 Å². The number of hydrogen-bond acceptors (Lipinski definition) is 5. The highest BCUT2D eigenvalue weighted by molar-refractivity contribution is 5.65. The highest BCUT2D eigenvalue weighted by atomic mass is 19.1. The topological polar surface area (TPSA) is 62.7 Å². The van der Waals surface area contributed by atoms with Crippen molar-refractivity contribution in [2.45, 2.75) is 33.2 Å². The second-order valence-electron chi connectivity index (χ2n) is 7.14. The third-order valence-electron chi connectivity index (χ3n) is 3.58. The van der Waals surface area contributed by atoms with Gasteiger partial charge in [0.05, 0.1) is 11.4 Å². The van der Waals surface area contributed by atoms with Crippen LogP contribution < -0.4 is 10.6 Å². The Morgan fingerprint density at radius 1 is 0.962 bits per heavy atom. The van der Waals surface area contributed by atoms with E-state index < -0.39 is 0 Å². The fourth-order valence-corrected chi connectivity index (χ4v) is 2.37. The molecule has 0 radical (unpaired) electrons. The first-order chi connectivity index (χ1) is 12.3. The Bertz CT molecular complexity index is 904. The molecule has 0 bridgehead atoms. The van der Waals surface area contributed by atoms with Gasteiger partial charge in [0.2, 0.25) is 5.95 Å². The largest absolute Gasteiger partial charge is 0.350 e. The molecule has 26 heavy (non-hydrogen) atoms. The lowest BCUT2D eigenvalue weighted by Crippen LogP contribution is -2.27. The fraction of sp³-hybridized carbons (Fsp3) is 0.250. The average molecular weight is 351 g/mol. The molecule has 0 unspecified atom stereocenters. The van der Waals surface area contributed by atoms with E-state index in [2.05, 4.69) is 25.6 Å². The van der Waals surface area contributed by atoms with Crippen LogP contribution in [0.5, 0.6) is 0 Å². The van der Waals surface area contributed by atoms with Crippen LogP contribution in [0.25, 0.3) is 11.4 Å². The molecule has 0 atom stereocenters. The molecule has 2 aromatic heterocycles. The highest BCUT2D eigenvalue weighted by Gasteiger charge is 2.14. The molecule has 0 amide bonds. The second kappa shape index (κ2) is 7.07. The summed E-state index contributed by atoms with van der Waals surface area (Å²) < 4.78 is 13.8. The molecular formula is C20H22FN5. The van der Waals surface area contributed by atoms with Crippen molar-refractivity contribution in [1.29, 1.82) is 0 Å². The summed E-state index contributed by atoms with van der Waals surface area (Å²) in [7, 11) is 0. The Morgan fingerprint density at radius 2 is 1.77 bits per heavy atom. The molecule has 0 aliphatic heterocycles. The van der Waals surface area contributed by atoms with E-state index in [-0.39, 0.29) is 11.4 Å². The molecule has 134 valence electrons. The van der Waals surface area contributed by atoms with Crippen LogP contribution in [0, 0.1) is 12.7 Å². The number of hydrogen-bond donors (Lipinski definition) is 2. The molecule has 0 spiro atoms. The maximum absolute atomic E-state index is 13.8. The minimum absolute atomic E-state index is 0.198. The molecule has 0 fully saturated rings. The number of halogens is 1. The molecule has 6 heteroatoms. The molecule has 2 N–H and O–H groups in total. The monoisotopic (exact) mass is 351 g/mol. The summed E-state index contributed by atoms with van der Waals surface area (Å²) in [5.74, 6) is 0.786. The third kappa shape index (κ3) is 4.53. The molecule has 0 saturated heterocycles.